The van der Waals surface area contributed by atoms with Crippen molar-refractivity contribution in [2.45, 2.75) is 13.0 Å². The highest BCUT2D eigenvalue weighted by molar-refractivity contribution is 7.09. The van der Waals surface area contributed by atoms with Crippen LogP contribution in [-0.2, 0) is 13.0 Å². The first-order valence-electron chi connectivity index (χ1n) is 5.90. The number of rotatable bonds is 5. The van der Waals surface area contributed by atoms with Crippen LogP contribution >= 0.6 is 11.3 Å². The highest BCUT2D eigenvalue weighted by Gasteiger charge is 2.05. The Morgan fingerprint density at radius 2 is 2.17 bits per heavy atom. The number of anilines is 1. The van der Waals surface area contributed by atoms with Crippen molar-refractivity contribution >= 4 is 17.0 Å². The largest absolute Gasteiger partial charge is 0.398 e. The van der Waals surface area contributed by atoms with Crippen molar-refractivity contribution in [3.63, 3.8) is 0 Å². The fourth-order valence-corrected chi connectivity index (χ4v) is 2.53. The number of halogens is 1. The summed E-state index contributed by atoms with van der Waals surface area (Å²) < 4.78 is 12.9. The molecule has 0 aliphatic rings. The van der Waals surface area contributed by atoms with Gasteiger partial charge >= 0.3 is 0 Å². The van der Waals surface area contributed by atoms with Gasteiger partial charge in [-0.3, -0.25) is 0 Å². The van der Waals surface area contributed by atoms with Gasteiger partial charge in [0.1, 0.15) is 5.82 Å². The van der Waals surface area contributed by atoms with Gasteiger partial charge in [-0.25, -0.2) is 4.39 Å². The predicted octanol–water partition coefficient (Wildman–Crippen LogP) is 3.14. The molecule has 96 valence electrons. The molecule has 0 spiro atoms. The molecule has 0 aliphatic heterocycles. The van der Waals surface area contributed by atoms with E-state index in [-0.39, 0.29) is 5.82 Å². The molecule has 0 aliphatic carbocycles. The Bertz CT molecular complexity index is 497. The fourth-order valence-electron chi connectivity index (χ4n) is 1.84. The molecule has 4 heteroatoms. The number of hydrogen-bond donors (Lipinski definition) is 1. The van der Waals surface area contributed by atoms with E-state index in [0.29, 0.717) is 5.69 Å². The summed E-state index contributed by atoms with van der Waals surface area (Å²) >= 11 is 1.78. The first kappa shape index (κ1) is 13.1. The third-order valence-corrected chi connectivity index (χ3v) is 3.80. The van der Waals surface area contributed by atoms with Crippen LogP contribution in [0.2, 0.25) is 0 Å². The van der Waals surface area contributed by atoms with Gasteiger partial charge in [-0.2, -0.15) is 0 Å². The molecular formula is C14H17FN2S. The van der Waals surface area contributed by atoms with Crippen molar-refractivity contribution < 1.29 is 4.39 Å². The van der Waals surface area contributed by atoms with Crippen LogP contribution in [0.3, 0.4) is 0 Å². The zero-order valence-electron chi connectivity index (χ0n) is 10.4. The number of thiophene rings is 1. The van der Waals surface area contributed by atoms with Crippen LogP contribution in [0.25, 0.3) is 0 Å². The van der Waals surface area contributed by atoms with Gasteiger partial charge in [0.2, 0.25) is 0 Å². The standard InChI is InChI=1S/C14H17FN2S/c1-17(7-6-13-3-2-8-18-13)10-11-4-5-12(15)9-14(11)16/h2-5,8-9H,6-7,10,16H2,1H3. The van der Waals surface area contributed by atoms with Gasteiger partial charge in [0.05, 0.1) is 0 Å². The Labute approximate surface area is 111 Å². The van der Waals surface area contributed by atoms with Crippen molar-refractivity contribution in [3.8, 4) is 0 Å². The Morgan fingerprint density at radius 3 is 2.83 bits per heavy atom. The predicted molar refractivity (Wildman–Crippen MR) is 75.2 cm³/mol. The van der Waals surface area contributed by atoms with Crippen LogP contribution in [0.15, 0.2) is 35.7 Å². The monoisotopic (exact) mass is 264 g/mol. The second kappa shape index (κ2) is 5.98. The lowest BCUT2D eigenvalue weighted by atomic mass is 10.1. The zero-order chi connectivity index (χ0) is 13.0. The van der Waals surface area contributed by atoms with Crippen LogP contribution in [0.4, 0.5) is 10.1 Å². The molecule has 0 radical (unpaired) electrons. The smallest absolute Gasteiger partial charge is 0.125 e. The normalized spacial score (nSPS) is 11.1. The summed E-state index contributed by atoms with van der Waals surface area (Å²) in [5.74, 6) is -0.280. The summed E-state index contributed by atoms with van der Waals surface area (Å²) in [6, 6.07) is 8.80. The third kappa shape index (κ3) is 3.55. The van der Waals surface area contributed by atoms with E-state index in [1.54, 1.807) is 17.4 Å². The van der Waals surface area contributed by atoms with E-state index in [1.807, 2.05) is 0 Å². The molecule has 0 bridgehead atoms. The van der Waals surface area contributed by atoms with Gasteiger partial charge < -0.3 is 10.6 Å². The van der Waals surface area contributed by atoms with Crippen molar-refractivity contribution in [3.05, 3.63) is 52.0 Å². The van der Waals surface area contributed by atoms with Crippen molar-refractivity contribution in [2.24, 2.45) is 0 Å². The Kier molecular flexibility index (Phi) is 4.33. The molecule has 18 heavy (non-hydrogen) atoms. The minimum Gasteiger partial charge on any atom is -0.398 e. The summed E-state index contributed by atoms with van der Waals surface area (Å²) in [6.45, 7) is 1.72. The Hall–Kier alpha value is -1.39. The number of nitrogen functional groups attached to an aromatic ring is 1. The summed E-state index contributed by atoms with van der Waals surface area (Å²) in [4.78, 5) is 3.58. The molecule has 2 rings (SSSR count). The quantitative estimate of drug-likeness (QED) is 0.841. The zero-order valence-corrected chi connectivity index (χ0v) is 11.2. The maximum atomic E-state index is 12.9. The molecule has 0 amide bonds. The molecule has 0 fully saturated rings. The molecule has 2 aromatic rings. The minimum absolute atomic E-state index is 0.280. The number of nitrogens with zero attached hydrogens (tertiary/aromatic N) is 1. The van der Waals surface area contributed by atoms with Gasteiger partial charge in [0.15, 0.2) is 0 Å². The van der Waals surface area contributed by atoms with E-state index in [4.69, 9.17) is 5.73 Å². The molecule has 2 N–H and O–H groups in total. The number of likely N-dealkylation sites (N-methyl/N-ethyl adjacent to an activating group) is 1. The van der Waals surface area contributed by atoms with Gasteiger partial charge in [-0.05, 0) is 42.6 Å². The second-order valence-corrected chi connectivity index (χ2v) is 5.44. The first-order chi connectivity index (χ1) is 8.65. The van der Waals surface area contributed by atoms with E-state index >= 15 is 0 Å². The van der Waals surface area contributed by atoms with Gasteiger partial charge in [-0.15, -0.1) is 11.3 Å². The number of benzene rings is 1. The van der Waals surface area contributed by atoms with Crippen LogP contribution < -0.4 is 5.73 Å². The average Bonchev–Trinajstić information content (AvgIpc) is 2.83. The molecule has 0 atom stereocenters. The molecular weight excluding hydrogens is 247 g/mol. The minimum atomic E-state index is -0.280. The summed E-state index contributed by atoms with van der Waals surface area (Å²) in [5, 5.41) is 2.09. The fraction of sp³-hybridized carbons (Fsp3) is 0.286. The maximum Gasteiger partial charge on any atom is 0.125 e. The average molecular weight is 264 g/mol. The van der Waals surface area contributed by atoms with E-state index < -0.39 is 0 Å². The van der Waals surface area contributed by atoms with Gasteiger partial charge in [-0.1, -0.05) is 12.1 Å². The van der Waals surface area contributed by atoms with E-state index in [9.17, 15) is 4.39 Å². The lowest BCUT2D eigenvalue weighted by Crippen LogP contribution is -2.21. The molecule has 1 aromatic heterocycles. The van der Waals surface area contributed by atoms with Gasteiger partial charge in [0.25, 0.3) is 0 Å². The lowest BCUT2D eigenvalue weighted by Gasteiger charge is -2.17. The lowest BCUT2D eigenvalue weighted by molar-refractivity contribution is 0.332. The van der Waals surface area contributed by atoms with Crippen LogP contribution in [0.1, 0.15) is 10.4 Å². The maximum absolute atomic E-state index is 12.9. The SMILES string of the molecule is CN(CCc1cccs1)Cc1ccc(F)cc1N. The van der Waals surface area contributed by atoms with Crippen LogP contribution in [0.5, 0.6) is 0 Å². The summed E-state index contributed by atoms with van der Waals surface area (Å²) in [6.07, 6.45) is 1.04. The summed E-state index contributed by atoms with van der Waals surface area (Å²) in [5.41, 5.74) is 7.30. The topological polar surface area (TPSA) is 29.3 Å². The van der Waals surface area contributed by atoms with Crippen LogP contribution in [-0.4, -0.2) is 18.5 Å². The third-order valence-electron chi connectivity index (χ3n) is 2.87. The summed E-state index contributed by atoms with van der Waals surface area (Å²) in [7, 11) is 2.05. The second-order valence-electron chi connectivity index (χ2n) is 4.41. The highest BCUT2D eigenvalue weighted by atomic mass is 32.1. The Balaban J connectivity index is 1.88. The molecule has 1 heterocycles. The van der Waals surface area contributed by atoms with Crippen molar-refractivity contribution in [1.82, 2.24) is 4.90 Å². The van der Waals surface area contributed by atoms with Gasteiger partial charge in [0, 0.05) is 23.7 Å². The molecule has 0 unspecified atom stereocenters. The van der Waals surface area contributed by atoms with E-state index in [1.165, 1.54) is 17.0 Å². The van der Waals surface area contributed by atoms with Crippen molar-refractivity contribution in [1.29, 1.82) is 0 Å². The Morgan fingerprint density at radius 1 is 1.33 bits per heavy atom. The molecule has 0 saturated heterocycles. The first-order valence-corrected chi connectivity index (χ1v) is 6.78. The molecule has 2 nitrogen and oxygen atoms in total. The highest BCUT2D eigenvalue weighted by Crippen LogP contribution is 2.16. The van der Waals surface area contributed by atoms with E-state index in [2.05, 4.69) is 29.5 Å². The molecule has 0 saturated carbocycles. The number of nitrogens with two attached hydrogens (primary N) is 1. The number of hydrogen-bond acceptors (Lipinski definition) is 3. The van der Waals surface area contributed by atoms with Crippen molar-refractivity contribution in [2.75, 3.05) is 19.3 Å². The van der Waals surface area contributed by atoms with Crippen LogP contribution in [0, 0.1) is 5.82 Å². The molecule has 1 aromatic carbocycles. The van der Waals surface area contributed by atoms with E-state index in [0.717, 1.165) is 25.1 Å².